The van der Waals surface area contributed by atoms with Gasteiger partial charge in [0.1, 0.15) is 4.75 Å². The number of rotatable bonds is 6. The van der Waals surface area contributed by atoms with Gasteiger partial charge in [0, 0.05) is 22.8 Å². The van der Waals surface area contributed by atoms with Gasteiger partial charge in [-0.3, -0.25) is 14.8 Å². The van der Waals surface area contributed by atoms with Crippen LogP contribution in [0.25, 0.3) is 10.4 Å². The summed E-state index contributed by atoms with van der Waals surface area (Å²) in [5, 5.41) is 9.23. The molecule has 2 aromatic rings. The van der Waals surface area contributed by atoms with Gasteiger partial charge in [-0.05, 0) is 41.5 Å². The highest BCUT2D eigenvalue weighted by Gasteiger charge is 2.50. The van der Waals surface area contributed by atoms with E-state index in [1.54, 1.807) is 11.5 Å². The lowest BCUT2D eigenvalue weighted by Gasteiger charge is -2.32. The summed E-state index contributed by atoms with van der Waals surface area (Å²) in [6.45, 7) is 7.80. The van der Waals surface area contributed by atoms with E-state index in [-0.39, 0.29) is 31.2 Å². The van der Waals surface area contributed by atoms with E-state index in [9.17, 15) is 23.2 Å². The molecule has 0 radical (unpaired) electrons. The summed E-state index contributed by atoms with van der Waals surface area (Å²) in [5.74, 6) is -1.40. The second kappa shape index (κ2) is 10.4. The number of amides is 2. The summed E-state index contributed by atoms with van der Waals surface area (Å²) in [5.41, 5.74) is 9.44. The summed E-state index contributed by atoms with van der Waals surface area (Å²) < 4.78 is 25.9. The molecule has 1 aliphatic rings. The van der Waals surface area contributed by atoms with Gasteiger partial charge in [-0.2, -0.15) is 0 Å². The van der Waals surface area contributed by atoms with Gasteiger partial charge in [-0.15, -0.1) is 11.3 Å². The van der Waals surface area contributed by atoms with E-state index in [0.29, 0.717) is 4.88 Å². The number of nitrogens with zero attached hydrogens (tertiary/aromatic N) is 1. The van der Waals surface area contributed by atoms with Gasteiger partial charge in [0.25, 0.3) is 0 Å². The van der Waals surface area contributed by atoms with Crippen molar-refractivity contribution in [1.29, 1.82) is 0 Å². The molecule has 2 amide bonds. The molecule has 0 aliphatic carbocycles. The predicted molar refractivity (Wildman–Crippen MR) is 138 cm³/mol. The van der Waals surface area contributed by atoms with Gasteiger partial charge in [0.15, 0.2) is 9.84 Å². The third kappa shape index (κ3) is 5.61. The van der Waals surface area contributed by atoms with Crippen molar-refractivity contribution in [2.24, 2.45) is 11.1 Å². The number of sulfone groups is 1. The third-order valence-corrected chi connectivity index (χ3v) is 10.7. The van der Waals surface area contributed by atoms with E-state index in [0.717, 1.165) is 16.9 Å². The number of carbonyl (C=O) groups is 2. The van der Waals surface area contributed by atoms with Crippen molar-refractivity contribution in [3.05, 3.63) is 46.8 Å². The highest BCUT2D eigenvalue weighted by molar-refractivity contribution is 7.92. The first kappa shape index (κ1) is 27.3. The largest absolute Gasteiger partial charge is 0.340 e. The minimum Gasteiger partial charge on any atom is -0.340 e. The van der Waals surface area contributed by atoms with Gasteiger partial charge in [-0.25, -0.2) is 13.9 Å². The van der Waals surface area contributed by atoms with Crippen molar-refractivity contribution in [2.45, 2.75) is 57.7 Å². The average Bonchev–Trinajstić information content (AvgIpc) is 3.27. The maximum absolute atomic E-state index is 13.7. The average molecular weight is 522 g/mol. The van der Waals surface area contributed by atoms with E-state index in [1.165, 1.54) is 21.8 Å². The first-order chi connectivity index (χ1) is 16.3. The van der Waals surface area contributed by atoms with E-state index in [4.69, 9.17) is 5.73 Å². The second-order valence-corrected chi connectivity index (χ2v) is 13.7. The summed E-state index contributed by atoms with van der Waals surface area (Å²) >= 11 is 1.32. The number of thiophene rings is 1. The Labute approximate surface area is 211 Å². The maximum atomic E-state index is 13.7. The molecule has 10 heteroatoms. The van der Waals surface area contributed by atoms with Gasteiger partial charge >= 0.3 is 0 Å². The van der Waals surface area contributed by atoms with Crippen LogP contribution < -0.4 is 11.2 Å². The minimum atomic E-state index is -3.88. The fourth-order valence-electron chi connectivity index (χ4n) is 4.30. The van der Waals surface area contributed by atoms with Crippen molar-refractivity contribution in [3.8, 4) is 10.4 Å². The lowest BCUT2D eigenvalue weighted by molar-refractivity contribution is -0.134. The van der Waals surface area contributed by atoms with Crippen LogP contribution in [0.4, 0.5) is 0 Å². The summed E-state index contributed by atoms with van der Waals surface area (Å²) in [6, 6.07) is 10.9. The highest BCUT2D eigenvalue weighted by Crippen LogP contribution is 2.45. The summed E-state index contributed by atoms with van der Waals surface area (Å²) in [7, 11) is -3.88. The molecule has 0 bridgehead atoms. The topological polar surface area (TPSA) is 130 Å². The Morgan fingerprint density at radius 3 is 2.40 bits per heavy atom. The number of aryl methyl sites for hydroxylation is 1. The molecule has 35 heavy (non-hydrogen) atoms. The fraction of sp³-hybridized carbons (Fsp3) is 0.520. The van der Waals surface area contributed by atoms with Crippen LogP contribution in [-0.4, -0.2) is 55.2 Å². The van der Waals surface area contributed by atoms with E-state index < -0.39 is 38.4 Å². The molecular formula is C25H35N3O5S2. The number of benzene rings is 1. The van der Waals surface area contributed by atoms with Crippen LogP contribution in [0.15, 0.2) is 36.4 Å². The van der Waals surface area contributed by atoms with Crippen LogP contribution in [-0.2, 0) is 30.6 Å². The number of hydrogen-bond donors (Lipinski definition) is 3. The number of hydroxylamine groups is 1. The SMILES string of the molecule is CCc1ccc(-c2ccc([C@@]3(CC(=O)NO)CCN(C(=O)[C@@H](N)C(C)(C)C)CCS3(=O)=O)s2)cc1. The first-order valence-corrected chi connectivity index (χ1v) is 14.2. The summed E-state index contributed by atoms with van der Waals surface area (Å²) in [6.07, 6.45) is 0.510. The smallest absolute Gasteiger partial charge is 0.245 e. The molecular weight excluding hydrogens is 486 g/mol. The van der Waals surface area contributed by atoms with E-state index >= 15 is 0 Å². The zero-order valence-electron chi connectivity index (χ0n) is 20.7. The van der Waals surface area contributed by atoms with Crippen LogP contribution >= 0.6 is 11.3 Å². The number of carbonyl (C=O) groups excluding carboxylic acids is 2. The predicted octanol–water partition coefficient (Wildman–Crippen LogP) is 3.09. The van der Waals surface area contributed by atoms with Crippen LogP contribution in [0.5, 0.6) is 0 Å². The molecule has 4 N–H and O–H groups in total. The van der Waals surface area contributed by atoms with E-state index in [2.05, 4.69) is 6.92 Å². The molecule has 1 saturated heterocycles. The lowest BCUT2D eigenvalue weighted by Crippen LogP contribution is -2.51. The van der Waals surface area contributed by atoms with Crippen molar-refractivity contribution in [1.82, 2.24) is 10.4 Å². The molecule has 192 valence electrons. The van der Waals surface area contributed by atoms with Gasteiger partial charge in [0.2, 0.25) is 11.8 Å². The van der Waals surface area contributed by atoms with Crippen LogP contribution in [0.2, 0.25) is 0 Å². The van der Waals surface area contributed by atoms with Crippen molar-refractivity contribution in [2.75, 3.05) is 18.8 Å². The molecule has 2 heterocycles. The quantitative estimate of drug-likeness (QED) is 0.396. The number of nitrogens with two attached hydrogens (primary N) is 1. The van der Waals surface area contributed by atoms with E-state index in [1.807, 2.05) is 51.1 Å². The molecule has 1 aliphatic heterocycles. The molecule has 3 rings (SSSR count). The monoisotopic (exact) mass is 521 g/mol. The van der Waals surface area contributed by atoms with Crippen molar-refractivity contribution < 1.29 is 23.2 Å². The Bertz CT molecular complexity index is 1170. The zero-order chi connectivity index (χ0) is 26.0. The Balaban J connectivity index is 2.01. The normalized spacial score (nSPS) is 21.3. The molecule has 2 atom stereocenters. The molecule has 1 aromatic heterocycles. The Kier molecular flexibility index (Phi) is 8.10. The van der Waals surface area contributed by atoms with Gasteiger partial charge in [0.05, 0.1) is 18.2 Å². The van der Waals surface area contributed by atoms with Gasteiger partial charge in [-0.1, -0.05) is 52.0 Å². The Morgan fingerprint density at radius 1 is 1.17 bits per heavy atom. The minimum absolute atomic E-state index is 0.00412. The number of nitrogens with one attached hydrogen (secondary N) is 1. The molecule has 1 aromatic carbocycles. The maximum Gasteiger partial charge on any atom is 0.245 e. The van der Waals surface area contributed by atoms with Crippen LogP contribution in [0.1, 0.15) is 51.0 Å². The summed E-state index contributed by atoms with van der Waals surface area (Å²) in [4.78, 5) is 28.3. The van der Waals surface area contributed by atoms with Crippen LogP contribution in [0, 0.1) is 5.41 Å². The number of hydrogen-bond acceptors (Lipinski definition) is 7. The Hall–Kier alpha value is -2.27. The molecule has 0 unspecified atom stereocenters. The third-order valence-electron chi connectivity index (χ3n) is 6.79. The molecule has 1 fully saturated rings. The second-order valence-electron chi connectivity index (χ2n) is 10.2. The van der Waals surface area contributed by atoms with Crippen molar-refractivity contribution in [3.63, 3.8) is 0 Å². The molecule has 0 spiro atoms. The fourth-order valence-corrected chi connectivity index (χ4v) is 7.91. The van der Waals surface area contributed by atoms with Crippen molar-refractivity contribution >= 4 is 33.0 Å². The zero-order valence-corrected chi connectivity index (χ0v) is 22.3. The van der Waals surface area contributed by atoms with Crippen LogP contribution in [0.3, 0.4) is 0 Å². The highest BCUT2D eigenvalue weighted by atomic mass is 32.2. The lowest BCUT2D eigenvalue weighted by atomic mass is 9.86. The first-order valence-electron chi connectivity index (χ1n) is 11.7. The molecule has 8 nitrogen and oxygen atoms in total. The standard InChI is InChI=1S/C25H35N3O5S2/c1-5-17-6-8-18(9-7-17)19-10-11-20(34-19)25(16-21(29)27-31)12-13-28(14-15-35(25,32)33)23(30)22(26)24(2,3)4/h6-11,22,31H,5,12-16,26H2,1-4H3,(H,27,29)/t22-,25+/m1/s1. The molecule has 0 saturated carbocycles. The van der Waals surface area contributed by atoms with Gasteiger partial charge < -0.3 is 10.6 Å². The Morgan fingerprint density at radius 2 is 1.83 bits per heavy atom.